The Morgan fingerprint density at radius 1 is 1.11 bits per heavy atom. The van der Waals surface area contributed by atoms with Gasteiger partial charge in [0.25, 0.3) is 0 Å². The predicted molar refractivity (Wildman–Crippen MR) is 81.9 cm³/mol. The molecule has 0 aromatic heterocycles. The third kappa shape index (κ3) is 3.38. The number of methoxy groups -OCH3 is 1. The summed E-state index contributed by atoms with van der Waals surface area (Å²) >= 11 is 0. The molecule has 2 aromatic rings. The first-order valence-electron chi connectivity index (χ1n) is 6.60. The fourth-order valence-corrected chi connectivity index (χ4v) is 2.24. The maximum Gasteiger partial charge on any atom is 0.119 e. The third-order valence-electron chi connectivity index (χ3n) is 3.30. The smallest absolute Gasteiger partial charge is 0.119 e. The molecule has 0 heterocycles. The highest BCUT2D eigenvalue weighted by atomic mass is 16.5. The van der Waals surface area contributed by atoms with Crippen LogP contribution >= 0.6 is 0 Å². The number of rotatable bonds is 5. The Morgan fingerprint density at radius 2 is 1.79 bits per heavy atom. The molecule has 0 saturated heterocycles. The first kappa shape index (κ1) is 13.7. The van der Waals surface area contributed by atoms with E-state index in [0.29, 0.717) is 6.54 Å². The minimum Gasteiger partial charge on any atom is -0.497 e. The van der Waals surface area contributed by atoms with Crippen LogP contribution in [0.4, 0.5) is 5.69 Å². The fraction of sp³-hybridized carbons (Fsp3) is 0.375. The summed E-state index contributed by atoms with van der Waals surface area (Å²) in [6, 6.07) is 12.5. The lowest BCUT2D eigenvalue weighted by Gasteiger charge is -2.27. The first-order valence-corrected chi connectivity index (χ1v) is 6.60. The number of fused-ring (bicyclic) bond motifs is 1. The van der Waals surface area contributed by atoms with Crippen molar-refractivity contribution in [3.05, 3.63) is 36.4 Å². The lowest BCUT2D eigenvalue weighted by atomic mass is 10.00. The van der Waals surface area contributed by atoms with E-state index in [1.165, 1.54) is 10.8 Å². The molecule has 0 saturated carbocycles. The minimum atomic E-state index is 0.00883. The highest BCUT2D eigenvalue weighted by molar-refractivity contribution is 5.87. The fourth-order valence-electron chi connectivity index (χ4n) is 2.24. The zero-order chi connectivity index (χ0) is 13.9. The van der Waals surface area contributed by atoms with Gasteiger partial charge in [0.05, 0.1) is 7.11 Å². The van der Waals surface area contributed by atoms with Crippen LogP contribution < -0.4 is 15.8 Å². The topological polar surface area (TPSA) is 47.3 Å². The highest BCUT2D eigenvalue weighted by Crippen LogP contribution is 2.25. The molecule has 0 fully saturated rings. The van der Waals surface area contributed by atoms with Gasteiger partial charge < -0.3 is 15.8 Å². The number of nitrogens with two attached hydrogens (primary N) is 1. The molecule has 0 radical (unpaired) electrons. The average Bonchev–Trinajstić information content (AvgIpc) is 2.37. The standard InChI is InChI=1S/C16H22N2O/c1-16(2,8-9-17)18-14-6-4-13-11-15(19-3)7-5-12(13)10-14/h4-7,10-11,18H,8-9,17H2,1-3H3. The second kappa shape index (κ2) is 5.49. The van der Waals surface area contributed by atoms with Crippen LogP contribution in [0.25, 0.3) is 10.8 Å². The number of hydrogen-bond acceptors (Lipinski definition) is 3. The summed E-state index contributed by atoms with van der Waals surface area (Å²) in [6.07, 6.45) is 0.938. The van der Waals surface area contributed by atoms with E-state index in [1.807, 2.05) is 12.1 Å². The molecule has 3 N–H and O–H groups in total. The van der Waals surface area contributed by atoms with Crippen molar-refractivity contribution in [2.24, 2.45) is 5.73 Å². The monoisotopic (exact) mass is 258 g/mol. The van der Waals surface area contributed by atoms with E-state index in [1.54, 1.807) is 7.11 Å². The van der Waals surface area contributed by atoms with Gasteiger partial charge in [-0.3, -0.25) is 0 Å². The molecule has 0 spiro atoms. The quantitative estimate of drug-likeness (QED) is 0.864. The molecule has 3 heteroatoms. The molecule has 19 heavy (non-hydrogen) atoms. The first-order chi connectivity index (χ1) is 9.04. The average molecular weight is 258 g/mol. The van der Waals surface area contributed by atoms with Crippen LogP contribution in [0, 0.1) is 0 Å². The number of hydrogen-bond donors (Lipinski definition) is 2. The van der Waals surface area contributed by atoms with Crippen molar-refractivity contribution in [3.8, 4) is 5.75 Å². The van der Waals surface area contributed by atoms with Crippen LogP contribution in [0.3, 0.4) is 0 Å². The largest absolute Gasteiger partial charge is 0.497 e. The normalized spacial score (nSPS) is 11.6. The zero-order valence-electron chi connectivity index (χ0n) is 11.9. The van der Waals surface area contributed by atoms with Crippen LogP contribution in [0.1, 0.15) is 20.3 Å². The van der Waals surface area contributed by atoms with Crippen molar-refractivity contribution in [2.75, 3.05) is 19.0 Å². The Morgan fingerprint density at radius 3 is 2.47 bits per heavy atom. The molecule has 2 rings (SSSR count). The summed E-state index contributed by atoms with van der Waals surface area (Å²) in [5, 5.41) is 5.91. The predicted octanol–water partition coefficient (Wildman–Crippen LogP) is 3.39. The number of benzene rings is 2. The minimum absolute atomic E-state index is 0.00883. The van der Waals surface area contributed by atoms with Gasteiger partial charge in [-0.1, -0.05) is 12.1 Å². The lowest BCUT2D eigenvalue weighted by Crippen LogP contribution is -2.33. The van der Waals surface area contributed by atoms with Gasteiger partial charge in [-0.2, -0.15) is 0 Å². The van der Waals surface area contributed by atoms with Crippen LogP contribution in [0.5, 0.6) is 5.75 Å². The van der Waals surface area contributed by atoms with Crippen LogP contribution in [-0.4, -0.2) is 19.2 Å². The van der Waals surface area contributed by atoms with E-state index in [4.69, 9.17) is 10.5 Å². The van der Waals surface area contributed by atoms with Crippen LogP contribution in [-0.2, 0) is 0 Å². The Hall–Kier alpha value is -1.74. The summed E-state index contributed by atoms with van der Waals surface area (Å²) in [4.78, 5) is 0. The van der Waals surface area contributed by atoms with Gasteiger partial charge >= 0.3 is 0 Å². The Bertz CT molecular complexity index is 564. The molecule has 2 aromatic carbocycles. The molecule has 0 bridgehead atoms. The SMILES string of the molecule is COc1ccc2cc(NC(C)(C)CCN)ccc2c1. The third-order valence-corrected chi connectivity index (χ3v) is 3.30. The van der Waals surface area contributed by atoms with E-state index in [2.05, 4.69) is 43.4 Å². The van der Waals surface area contributed by atoms with Crippen molar-refractivity contribution < 1.29 is 4.74 Å². The Balaban J connectivity index is 2.27. The number of ether oxygens (including phenoxy) is 1. The van der Waals surface area contributed by atoms with Crippen LogP contribution in [0.2, 0.25) is 0 Å². The van der Waals surface area contributed by atoms with Crippen molar-refractivity contribution in [1.82, 2.24) is 0 Å². The van der Waals surface area contributed by atoms with Crippen molar-refractivity contribution in [1.29, 1.82) is 0 Å². The van der Waals surface area contributed by atoms with Gasteiger partial charge in [-0.25, -0.2) is 0 Å². The molecule has 0 aliphatic rings. The summed E-state index contributed by atoms with van der Waals surface area (Å²) in [7, 11) is 1.69. The highest BCUT2D eigenvalue weighted by Gasteiger charge is 2.15. The van der Waals surface area contributed by atoms with E-state index in [9.17, 15) is 0 Å². The van der Waals surface area contributed by atoms with Gasteiger partial charge in [0.15, 0.2) is 0 Å². The van der Waals surface area contributed by atoms with E-state index in [-0.39, 0.29) is 5.54 Å². The summed E-state index contributed by atoms with van der Waals surface area (Å²) in [6.45, 7) is 5.01. The molecule has 102 valence electrons. The molecular formula is C16H22N2O. The van der Waals surface area contributed by atoms with Gasteiger partial charge in [-0.15, -0.1) is 0 Å². The molecule has 0 aliphatic carbocycles. The van der Waals surface area contributed by atoms with E-state index < -0.39 is 0 Å². The van der Waals surface area contributed by atoms with Gasteiger partial charge in [0.2, 0.25) is 0 Å². The molecule has 3 nitrogen and oxygen atoms in total. The second-order valence-corrected chi connectivity index (χ2v) is 5.48. The van der Waals surface area contributed by atoms with Crippen molar-refractivity contribution in [3.63, 3.8) is 0 Å². The zero-order valence-corrected chi connectivity index (χ0v) is 11.9. The number of nitrogens with one attached hydrogen (secondary N) is 1. The molecule has 0 aliphatic heterocycles. The Kier molecular flexibility index (Phi) is 3.96. The molecule has 0 unspecified atom stereocenters. The van der Waals surface area contributed by atoms with Crippen molar-refractivity contribution in [2.45, 2.75) is 25.8 Å². The summed E-state index contributed by atoms with van der Waals surface area (Å²) < 4.78 is 5.24. The van der Waals surface area contributed by atoms with E-state index in [0.717, 1.165) is 17.9 Å². The number of anilines is 1. The second-order valence-electron chi connectivity index (χ2n) is 5.48. The molecule has 0 amide bonds. The Labute approximate surface area is 114 Å². The maximum atomic E-state index is 5.64. The maximum absolute atomic E-state index is 5.64. The van der Waals surface area contributed by atoms with Crippen LogP contribution in [0.15, 0.2) is 36.4 Å². The molecule has 0 atom stereocenters. The van der Waals surface area contributed by atoms with Gasteiger partial charge in [0.1, 0.15) is 5.75 Å². The summed E-state index contributed by atoms with van der Waals surface area (Å²) in [5.74, 6) is 0.886. The lowest BCUT2D eigenvalue weighted by molar-refractivity contribution is 0.415. The van der Waals surface area contributed by atoms with Crippen molar-refractivity contribution >= 4 is 16.5 Å². The van der Waals surface area contributed by atoms with Gasteiger partial charge in [0, 0.05) is 11.2 Å². The summed E-state index contributed by atoms with van der Waals surface area (Å²) in [5.41, 5.74) is 6.77. The van der Waals surface area contributed by atoms with E-state index >= 15 is 0 Å². The van der Waals surface area contributed by atoms with Gasteiger partial charge in [-0.05, 0) is 61.9 Å². The molecular weight excluding hydrogens is 236 g/mol.